The maximum atomic E-state index is 13.1. The number of hydrogen-bond acceptors (Lipinski definition) is 5. The maximum Gasteiger partial charge on any atom is 0.267 e. The fraction of sp³-hybridized carbons (Fsp3) is 0.174. The number of hydrogen-bond donors (Lipinski definition) is 0. The first-order valence-electron chi connectivity index (χ1n) is 9.60. The van der Waals surface area contributed by atoms with Gasteiger partial charge < -0.3 is 4.74 Å². The largest absolute Gasteiger partial charge is 0.484 e. The fourth-order valence-electron chi connectivity index (χ4n) is 2.96. The molecule has 0 radical (unpaired) electrons. The second-order valence-electron chi connectivity index (χ2n) is 6.70. The molecule has 0 saturated carbocycles. The van der Waals surface area contributed by atoms with E-state index in [0.29, 0.717) is 22.4 Å². The molecule has 2 heterocycles. The Kier molecular flexibility index (Phi) is 6.26. The average Bonchev–Trinajstić information content (AvgIpc) is 3.20. The Bertz CT molecular complexity index is 1150. The van der Waals surface area contributed by atoms with Gasteiger partial charge in [-0.2, -0.15) is 0 Å². The number of ether oxygens (including phenoxy) is 1. The molecule has 152 valence electrons. The van der Waals surface area contributed by atoms with Gasteiger partial charge in [-0.1, -0.05) is 42.0 Å². The number of pyridine rings is 1. The van der Waals surface area contributed by atoms with Gasteiger partial charge in [-0.15, -0.1) is 0 Å². The van der Waals surface area contributed by atoms with Crippen molar-refractivity contribution in [3.05, 3.63) is 83.1 Å². The molecule has 0 aliphatic carbocycles. The summed E-state index contributed by atoms with van der Waals surface area (Å²) in [4.78, 5) is 23.8. The van der Waals surface area contributed by atoms with Gasteiger partial charge in [0.25, 0.3) is 5.91 Å². The predicted molar refractivity (Wildman–Crippen MR) is 121 cm³/mol. The van der Waals surface area contributed by atoms with Crippen molar-refractivity contribution in [3.63, 3.8) is 0 Å². The van der Waals surface area contributed by atoms with Crippen LogP contribution >= 0.6 is 22.9 Å². The molecule has 0 spiro atoms. The molecule has 4 rings (SSSR count). The molecule has 0 atom stereocenters. The van der Waals surface area contributed by atoms with Crippen LogP contribution in [0.1, 0.15) is 18.2 Å². The molecule has 0 aliphatic heterocycles. The monoisotopic (exact) mass is 437 g/mol. The van der Waals surface area contributed by atoms with Crippen LogP contribution in [0.4, 0.5) is 5.13 Å². The number of amides is 1. The standard InChI is InChI=1S/C23H20ClN3O2S/c1-2-16-6-11-20-21(13-16)30-23(26-20)27(14-18-5-3-4-12-25-18)22(28)15-29-19-9-7-17(24)8-10-19/h3-13H,2,14-15H2,1H3. The molecular weight excluding hydrogens is 418 g/mol. The van der Waals surface area contributed by atoms with Crippen LogP contribution in [-0.2, 0) is 17.8 Å². The summed E-state index contributed by atoms with van der Waals surface area (Å²) >= 11 is 7.41. The summed E-state index contributed by atoms with van der Waals surface area (Å²) in [6.07, 6.45) is 2.67. The Morgan fingerprint density at radius 3 is 2.70 bits per heavy atom. The number of benzene rings is 2. The number of thiazole rings is 1. The van der Waals surface area contributed by atoms with Crippen LogP contribution in [0.5, 0.6) is 5.75 Å². The first-order valence-corrected chi connectivity index (χ1v) is 10.8. The highest BCUT2D eigenvalue weighted by Crippen LogP contribution is 2.31. The van der Waals surface area contributed by atoms with Gasteiger partial charge >= 0.3 is 0 Å². The summed E-state index contributed by atoms with van der Waals surface area (Å²) < 4.78 is 6.74. The van der Waals surface area contributed by atoms with Gasteiger partial charge in [-0.3, -0.25) is 14.7 Å². The highest BCUT2D eigenvalue weighted by molar-refractivity contribution is 7.22. The van der Waals surface area contributed by atoms with E-state index in [1.807, 2.05) is 24.3 Å². The molecule has 5 nitrogen and oxygen atoms in total. The number of carbonyl (C=O) groups is 1. The lowest BCUT2D eigenvalue weighted by atomic mass is 10.2. The lowest BCUT2D eigenvalue weighted by molar-refractivity contribution is -0.120. The molecule has 7 heteroatoms. The summed E-state index contributed by atoms with van der Waals surface area (Å²) in [6, 6.07) is 18.8. The van der Waals surface area contributed by atoms with Gasteiger partial charge in [-0.05, 0) is 60.5 Å². The summed E-state index contributed by atoms with van der Waals surface area (Å²) in [6.45, 7) is 2.34. The molecule has 0 bridgehead atoms. The number of aryl methyl sites for hydroxylation is 1. The van der Waals surface area contributed by atoms with E-state index in [0.717, 1.165) is 22.3 Å². The van der Waals surface area contributed by atoms with Crippen molar-refractivity contribution in [2.75, 3.05) is 11.5 Å². The summed E-state index contributed by atoms with van der Waals surface area (Å²) in [7, 11) is 0. The highest BCUT2D eigenvalue weighted by Gasteiger charge is 2.21. The predicted octanol–water partition coefficient (Wildman–Crippen LogP) is 5.52. The van der Waals surface area contributed by atoms with Crippen molar-refractivity contribution in [3.8, 4) is 5.75 Å². The second kappa shape index (κ2) is 9.24. The Morgan fingerprint density at radius 1 is 1.13 bits per heavy atom. The SMILES string of the molecule is CCc1ccc2nc(N(Cc3ccccn3)C(=O)COc3ccc(Cl)cc3)sc2c1. The van der Waals surface area contributed by atoms with Crippen LogP contribution in [0.15, 0.2) is 66.9 Å². The van der Waals surface area contributed by atoms with Crippen molar-refractivity contribution < 1.29 is 9.53 Å². The van der Waals surface area contributed by atoms with Gasteiger partial charge in [-0.25, -0.2) is 4.98 Å². The number of halogens is 1. The van der Waals surface area contributed by atoms with Crippen LogP contribution in [-0.4, -0.2) is 22.5 Å². The Balaban J connectivity index is 1.60. The van der Waals surface area contributed by atoms with Gasteiger partial charge in [0.05, 0.1) is 22.5 Å². The van der Waals surface area contributed by atoms with Crippen molar-refractivity contribution in [1.29, 1.82) is 0 Å². The van der Waals surface area contributed by atoms with E-state index in [4.69, 9.17) is 21.3 Å². The quantitative estimate of drug-likeness (QED) is 0.382. The van der Waals surface area contributed by atoms with Gasteiger partial charge in [0, 0.05) is 11.2 Å². The van der Waals surface area contributed by atoms with Gasteiger partial charge in [0.15, 0.2) is 11.7 Å². The summed E-state index contributed by atoms with van der Waals surface area (Å²) in [5.41, 5.74) is 2.90. The van der Waals surface area contributed by atoms with Crippen molar-refractivity contribution in [2.24, 2.45) is 0 Å². The van der Waals surface area contributed by atoms with E-state index in [1.165, 1.54) is 16.9 Å². The molecule has 30 heavy (non-hydrogen) atoms. The normalized spacial score (nSPS) is 10.9. The minimum absolute atomic E-state index is 0.107. The number of carbonyl (C=O) groups excluding carboxylic acids is 1. The maximum absolute atomic E-state index is 13.1. The highest BCUT2D eigenvalue weighted by atomic mass is 35.5. The van der Waals surface area contributed by atoms with Crippen LogP contribution in [0.3, 0.4) is 0 Å². The molecule has 0 aliphatic rings. The Hall–Kier alpha value is -2.96. The van der Waals surface area contributed by atoms with Crippen LogP contribution in [0.25, 0.3) is 10.2 Å². The lowest BCUT2D eigenvalue weighted by Gasteiger charge is -2.19. The second-order valence-corrected chi connectivity index (χ2v) is 8.14. The first-order chi connectivity index (χ1) is 14.6. The van der Waals surface area contributed by atoms with E-state index < -0.39 is 0 Å². The summed E-state index contributed by atoms with van der Waals surface area (Å²) in [5.74, 6) is 0.396. The number of nitrogens with zero attached hydrogens (tertiary/aromatic N) is 3. The molecule has 0 fully saturated rings. The zero-order valence-corrected chi connectivity index (χ0v) is 18.0. The molecular formula is C23H20ClN3O2S. The minimum Gasteiger partial charge on any atom is -0.484 e. The summed E-state index contributed by atoms with van der Waals surface area (Å²) in [5, 5.41) is 1.25. The van der Waals surface area contributed by atoms with Crippen molar-refractivity contribution >= 4 is 44.2 Å². The Labute approximate surface area is 183 Å². The molecule has 2 aromatic carbocycles. The molecule has 0 saturated heterocycles. The van der Waals surface area contributed by atoms with Crippen LogP contribution in [0.2, 0.25) is 5.02 Å². The molecule has 0 N–H and O–H groups in total. The van der Waals surface area contributed by atoms with E-state index in [1.54, 1.807) is 35.4 Å². The van der Waals surface area contributed by atoms with Gasteiger partial charge in [0.1, 0.15) is 5.75 Å². The van der Waals surface area contributed by atoms with E-state index in [-0.39, 0.29) is 12.5 Å². The van der Waals surface area contributed by atoms with Crippen molar-refractivity contribution in [1.82, 2.24) is 9.97 Å². The molecule has 0 unspecified atom stereocenters. The van der Waals surface area contributed by atoms with Crippen molar-refractivity contribution in [2.45, 2.75) is 19.9 Å². The molecule has 4 aromatic rings. The first kappa shape index (κ1) is 20.3. The van der Waals surface area contributed by atoms with E-state index in [2.05, 4.69) is 24.0 Å². The minimum atomic E-state index is -0.189. The third kappa shape index (κ3) is 4.78. The number of fused-ring (bicyclic) bond motifs is 1. The zero-order chi connectivity index (χ0) is 20.9. The third-order valence-corrected chi connectivity index (χ3v) is 5.90. The number of anilines is 1. The fourth-order valence-corrected chi connectivity index (χ4v) is 4.13. The van der Waals surface area contributed by atoms with Crippen LogP contribution in [0, 0.1) is 0 Å². The number of aromatic nitrogens is 2. The zero-order valence-electron chi connectivity index (χ0n) is 16.4. The Morgan fingerprint density at radius 2 is 1.97 bits per heavy atom. The van der Waals surface area contributed by atoms with E-state index in [9.17, 15) is 4.79 Å². The number of rotatable bonds is 7. The molecule has 1 amide bonds. The van der Waals surface area contributed by atoms with E-state index >= 15 is 0 Å². The average molecular weight is 438 g/mol. The topological polar surface area (TPSA) is 55.3 Å². The molecule has 2 aromatic heterocycles. The third-order valence-electron chi connectivity index (χ3n) is 4.60. The smallest absolute Gasteiger partial charge is 0.267 e. The van der Waals surface area contributed by atoms with Crippen LogP contribution < -0.4 is 9.64 Å². The van der Waals surface area contributed by atoms with Gasteiger partial charge in [0.2, 0.25) is 0 Å². The lowest BCUT2D eigenvalue weighted by Crippen LogP contribution is -2.34.